The van der Waals surface area contributed by atoms with Gasteiger partial charge < -0.3 is 10.2 Å². The van der Waals surface area contributed by atoms with Crippen LogP contribution >= 0.6 is 0 Å². The molecule has 1 saturated heterocycles. The zero-order valence-electron chi connectivity index (χ0n) is 15.8. The Labute approximate surface area is 163 Å². The van der Waals surface area contributed by atoms with Crippen molar-refractivity contribution in [3.8, 4) is 0 Å². The SMILES string of the molecule is Cc1cccc(S(=O)(=O)[C@@](C)(F)C2CCN(C(=O)Nc3ccnnc3)CC2)c1. The molecule has 1 fully saturated rings. The molecule has 0 bridgehead atoms. The third-order valence-corrected chi connectivity index (χ3v) is 7.43. The Kier molecular flexibility index (Phi) is 5.64. The van der Waals surface area contributed by atoms with E-state index < -0.39 is 20.8 Å². The highest BCUT2D eigenvalue weighted by molar-refractivity contribution is 7.92. The van der Waals surface area contributed by atoms with Gasteiger partial charge in [-0.05, 0) is 50.5 Å². The molecular weight excluding hydrogens is 383 g/mol. The third kappa shape index (κ3) is 3.99. The minimum Gasteiger partial charge on any atom is -0.325 e. The number of anilines is 1. The summed E-state index contributed by atoms with van der Waals surface area (Å²) in [5.74, 6) is -0.690. The van der Waals surface area contributed by atoms with E-state index >= 15 is 4.39 Å². The minimum atomic E-state index is -4.15. The molecule has 3 rings (SSSR count). The van der Waals surface area contributed by atoms with Crippen molar-refractivity contribution in [2.75, 3.05) is 18.4 Å². The van der Waals surface area contributed by atoms with E-state index in [0.29, 0.717) is 5.69 Å². The highest BCUT2D eigenvalue weighted by Crippen LogP contribution is 2.39. The van der Waals surface area contributed by atoms with E-state index in [4.69, 9.17) is 0 Å². The molecule has 7 nitrogen and oxygen atoms in total. The van der Waals surface area contributed by atoms with Gasteiger partial charge in [-0.2, -0.15) is 10.2 Å². The number of sulfone groups is 1. The number of aryl methyl sites for hydroxylation is 1. The summed E-state index contributed by atoms with van der Waals surface area (Å²) in [5, 5.41) is 7.63. The topological polar surface area (TPSA) is 92.3 Å². The molecule has 150 valence electrons. The maximum atomic E-state index is 15.5. The fraction of sp³-hybridized carbons (Fsp3) is 0.421. The highest BCUT2D eigenvalue weighted by Gasteiger charge is 2.48. The van der Waals surface area contributed by atoms with Crippen LogP contribution in [-0.2, 0) is 9.84 Å². The van der Waals surface area contributed by atoms with E-state index in [0.717, 1.165) is 12.5 Å². The maximum Gasteiger partial charge on any atom is 0.321 e. The zero-order valence-corrected chi connectivity index (χ0v) is 16.6. The van der Waals surface area contributed by atoms with Crippen LogP contribution in [0.15, 0.2) is 47.6 Å². The Morgan fingerprint density at radius 3 is 2.57 bits per heavy atom. The fourth-order valence-corrected chi connectivity index (χ4v) is 5.13. The second-order valence-corrected chi connectivity index (χ2v) is 9.40. The number of alkyl halides is 1. The van der Waals surface area contributed by atoms with Gasteiger partial charge in [0.1, 0.15) is 0 Å². The number of hydrogen-bond acceptors (Lipinski definition) is 5. The summed E-state index contributed by atoms with van der Waals surface area (Å²) in [6, 6.07) is 7.58. The van der Waals surface area contributed by atoms with E-state index in [9.17, 15) is 13.2 Å². The standard InChI is InChI=1S/C19H23FN4O3S/c1-14-4-3-5-17(12-14)28(26,27)19(2,20)15-7-10-24(11-8-15)18(25)23-16-6-9-21-22-13-16/h3-6,9,12-13,15H,7-8,10-11H2,1-2H3,(H,21,23,25)/t19-/m1/s1. The van der Waals surface area contributed by atoms with E-state index in [2.05, 4.69) is 15.5 Å². The van der Waals surface area contributed by atoms with Crippen LogP contribution in [0.3, 0.4) is 0 Å². The Bertz CT molecular complexity index is 943. The number of carbonyl (C=O) groups excluding carboxylic acids is 1. The summed E-state index contributed by atoms with van der Waals surface area (Å²) >= 11 is 0. The molecule has 0 radical (unpaired) electrons. The van der Waals surface area contributed by atoms with Gasteiger partial charge in [-0.25, -0.2) is 17.6 Å². The molecule has 28 heavy (non-hydrogen) atoms. The van der Waals surface area contributed by atoms with Crippen LogP contribution in [0.1, 0.15) is 25.3 Å². The van der Waals surface area contributed by atoms with Crippen molar-refractivity contribution in [2.24, 2.45) is 5.92 Å². The van der Waals surface area contributed by atoms with Crippen molar-refractivity contribution < 1.29 is 17.6 Å². The lowest BCUT2D eigenvalue weighted by Gasteiger charge is -2.37. The smallest absolute Gasteiger partial charge is 0.321 e. The number of amides is 2. The number of carbonyl (C=O) groups is 1. The summed E-state index contributed by atoms with van der Waals surface area (Å²) in [6.45, 7) is 3.45. The first-order chi connectivity index (χ1) is 13.2. The highest BCUT2D eigenvalue weighted by atomic mass is 32.2. The number of aromatic nitrogens is 2. The van der Waals surface area contributed by atoms with E-state index in [1.165, 1.54) is 24.5 Å². The van der Waals surface area contributed by atoms with Gasteiger partial charge in [-0.3, -0.25) is 0 Å². The van der Waals surface area contributed by atoms with Crippen LogP contribution in [0.5, 0.6) is 0 Å². The second-order valence-electron chi connectivity index (χ2n) is 7.13. The number of piperidine rings is 1. The first-order valence-corrected chi connectivity index (χ1v) is 10.5. The van der Waals surface area contributed by atoms with Crippen molar-refractivity contribution in [3.05, 3.63) is 48.3 Å². The number of nitrogens with one attached hydrogen (secondary N) is 1. The molecule has 2 heterocycles. The van der Waals surface area contributed by atoms with Crippen LogP contribution in [0, 0.1) is 12.8 Å². The summed E-state index contributed by atoms with van der Waals surface area (Å²) in [5.41, 5.74) is 1.27. The van der Waals surface area contributed by atoms with Gasteiger partial charge in [0.2, 0.25) is 14.8 Å². The summed E-state index contributed by atoms with van der Waals surface area (Å²) in [4.78, 5) is 13.9. The average Bonchev–Trinajstić information content (AvgIpc) is 2.68. The molecule has 1 aliphatic rings. The second kappa shape index (κ2) is 7.83. The van der Waals surface area contributed by atoms with Crippen LogP contribution in [0.2, 0.25) is 0 Å². The molecule has 2 amide bonds. The van der Waals surface area contributed by atoms with Crippen molar-refractivity contribution in [3.63, 3.8) is 0 Å². The number of likely N-dealkylation sites (tertiary alicyclic amines) is 1. The summed E-state index contributed by atoms with van der Waals surface area (Å²) in [7, 11) is -4.15. The molecule has 2 aromatic rings. The van der Waals surface area contributed by atoms with Crippen molar-refractivity contribution in [1.82, 2.24) is 15.1 Å². The molecule has 1 N–H and O–H groups in total. The lowest BCUT2D eigenvalue weighted by molar-refractivity contribution is 0.117. The van der Waals surface area contributed by atoms with E-state index in [-0.39, 0.29) is 36.9 Å². The first kappa shape index (κ1) is 20.2. The predicted molar refractivity (Wildman–Crippen MR) is 103 cm³/mol. The molecule has 9 heteroatoms. The van der Waals surface area contributed by atoms with Crippen molar-refractivity contribution in [2.45, 2.75) is 36.6 Å². The van der Waals surface area contributed by atoms with Crippen LogP contribution < -0.4 is 5.32 Å². The largest absolute Gasteiger partial charge is 0.325 e. The number of rotatable bonds is 4. The Hall–Kier alpha value is -2.55. The van der Waals surface area contributed by atoms with Gasteiger partial charge in [0, 0.05) is 19.0 Å². The van der Waals surface area contributed by atoms with E-state index in [1.54, 1.807) is 30.0 Å². The summed E-state index contributed by atoms with van der Waals surface area (Å²) in [6.07, 6.45) is 3.42. The monoisotopic (exact) mass is 406 g/mol. The predicted octanol–water partition coefficient (Wildman–Crippen LogP) is 3.19. The number of halogens is 1. The van der Waals surface area contributed by atoms with Crippen molar-refractivity contribution >= 4 is 21.6 Å². The molecule has 0 spiro atoms. The van der Waals surface area contributed by atoms with Crippen LogP contribution in [0.4, 0.5) is 14.9 Å². The number of benzene rings is 1. The molecule has 0 unspecified atom stereocenters. The first-order valence-electron chi connectivity index (χ1n) is 9.04. The van der Waals surface area contributed by atoms with Crippen molar-refractivity contribution in [1.29, 1.82) is 0 Å². The minimum absolute atomic E-state index is 0.0112. The molecule has 1 aliphatic heterocycles. The fourth-order valence-electron chi connectivity index (χ4n) is 3.40. The Morgan fingerprint density at radius 2 is 1.96 bits per heavy atom. The van der Waals surface area contributed by atoms with Crippen LogP contribution in [0.25, 0.3) is 0 Å². The van der Waals surface area contributed by atoms with Gasteiger partial charge in [-0.1, -0.05) is 12.1 Å². The molecule has 1 aromatic heterocycles. The zero-order chi connectivity index (χ0) is 20.4. The molecule has 1 atom stereocenters. The van der Waals surface area contributed by atoms with E-state index in [1.807, 2.05) is 0 Å². The Morgan fingerprint density at radius 1 is 1.25 bits per heavy atom. The third-order valence-electron chi connectivity index (χ3n) is 5.17. The quantitative estimate of drug-likeness (QED) is 0.842. The summed E-state index contributed by atoms with van der Waals surface area (Å²) < 4.78 is 41.3. The molecule has 1 aromatic carbocycles. The molecule has 0 aliphatic carbocycles. The van der Waals surface area contributed by atoms with Gasteiger partial charge in [-0.15, -0.1) is 0 Å². The maximum absolute atomic E-state index is 15.5. The number of hydrogen-bond donors (Lipinski definition) is 1. The van der Waals surface area contributed by atoms with Gasteiger partial charge in [0.25, 0.3) is 0 Å². The Balaban J connectivity index is 1.67. The lowest BCUT2D eigenvalue weighted by Crippen LogP contribution is -2.48. The normalized spacial score (nSPS) is 17.8. The molecule has 0 saturated carbocycles. The number of urea groups is 1. The lowest BCUT2D eigenvalue weighted by atomic mass is 9.92. The van der Waals surface area contributed by atoms with Gasteiger partial charge >= 0.3 is 6.03 Å². The average molecular weight is 406 g/mol. The van der Waals surface area contributed by atoms with Crippen LogP contribution in [-0.4, -0.2) is 47.6 Å². The van der Waals surface area contributed by atoms with Gasteiger partial charge in [0.15, 0.2) is 0 Å². The van der Waals surface area contributed by atoms with Gasteiger partial charge in [0.05, 0.1) is 23.0 Å². The number of nitrogens with zero attached hydrogens (tertiary/aromatic N) is 3. The molecular formula is C19H23FN4O3S.